The second kappa shape index (κ2) is 7.21. The molecule has 5 heteroatoms. The molecule has 102 valence electrons. The molecule has 0 saturated carbocycles. The average Bonchev–Trinajstić information content (AvgIpc) is 2.37. The molecule has 3 N–H and O–H groups in total. The van der Waals surface area contributed by atoms with Crippen LogP contribution in [-0.4, -0.2) is 16.4 Å². The molecule has 0 aromatic carbocycles. The molecule has 1 rings (SSSR count). The van der Waals surface area contributed by atoms with Crippen LogP contribution in [0.1, 0.15) is 50.5 Å². The van der Waals surface area contributed by atoms with E-state index in [2.05, 4.69) is 31.1 Å². The lowest BCUT2D eigenvalue weighted by atomic mass is 9.89. The number of nitrogens with one attached hydrogen (secondary N) is 1. The van der Waals surface area contributed by atoms with E-state index in [1.54, 1.807) is 12.1 Å². The first-order chi connectivity index (χ1) is 8.06. The van der Waals surface area contributed by atoms with Gasteiger partial charge in [-0.15, -0.1) is 12.4 Å². The van der Waals surface area contributed by atoms with Crippen LogP contribution >= 0.6 is 12.4 Å². The monoisotopic (exact) mass is 271 g/mol. The van der Waals surface area contributed by atoms with Crippen LogP contribution in [0.4, 0.5) is 5.69 Å². The molecule has 0 radical (unpaired) electrons. The number of rotatable bonds is 5. The van der Waals surface area contributed by atoms with Crippen LogP contribution in [0.15, 0.2) is 18.3 Å². The van der Waals surface area contributed by atoms with Crippen molar-refractivity contribution in [2.75, 3.05) is 5.73 Å². The summed E-state index contributed by atoms with van der Waals surface area (Å²) >= 11 is 0. The number of anilines is 1. The lowest BCUT2D eigenvalue weighted by Crippen LogP contribution is -2.47. The van der Waals surface area contributed by atoms with Crippen molar-refractivity contribution in [2.45, 2.75) is 45.6 Å². The van der Waals surface area contributed by atoms with E-state index >= 15 is 0 Å². The van der Waals surface area contributed by atoms with Crippen molar-refractivity contribution in [3.63, 3.8) is 0 Å². The summed E-state index contributed by atoms with van der Waals surface area (Å²) < 4.78 is 0. The Morgan fingerprint density at radius 2 is 1.83 bits per heavy atom. The van der Waals surface area contributed by atoms with Crippen LogP contribution in [0.2, 0.25) is 0 Å². The topological polar surface area (TPSA) is 68.0 Å². The predicted molar refractivity (Wildman–Crippen MR) is 77.0 cm³/mol. The number of aromatic nitrogens is 1. The maximum absolute atomic E-state index is 12.0. The Labute approximate surface area is 115 Å². The Balaban J connectivity index is 0.00000289. The lowest BCUT2D eigenvalue weighted by Gasteiger charge is -2.31. The van der Waals surface area contributed by atoms with Crippen LogP contribution in [0.5, 0.6) is 0 Å². The Morgan fingerprint density at radius 3 is 2.22 bits per heavy atom. The number of hydrogen-bond acceptors (Lipinski definition) is 3. The normalized spacial score (nSPS) is 10.6. The molecule has 0 unspecified atom stereocenters. The summed E-state index contributed by atoms with van der Waals surface area (Å²) in [6.45, 7) is 6.26. The van der Waals surface area contributed by atoms with E-state index < -0.39 is 0 Å². The first kappa shape index (κ1) is 16.7. The van der Waals surface area contributed by atoms with Crippen molar-refractivity contribution >= 4 is 24.0 Å². The summed E-state index contributed by atoms with van der Waals surface area (Å²) in [5.41, 5.74) is 6.39. The number of nitrogens with zero attached hydrogens (tertiary/aromatic N) is 1. The number of carbonyl (C=O) groups is 1. The van der Waals surface area contributed by atoms with Crippen LogP contribution in [-0.2, 0) is 0 Å². The van der Waals surface area contributed by atoms with Crippen molar-refractivity contribution in [3.8, 4) is 0 Å². The maximum Gasteiger partial charge on any atom is 0.270 e. The zero-order valence-corrected chi connectivity index (χ0v) is 12.0. The highest BCUT2D eigenvalue weighted by molar-refractivity contribution is 5.92. The number of nitrogens with two attached hydrogens (primary N) is 1. The number of nitrogen functional groups attached to an aromatic ring is 1. The minimum absolute atomic E-state index is 0. The molecule has 0 spiro atoms. The minimum atomic E-state index is -0.129. The van der Waals surface area contributed by atoms with E-state index in [4.69, 9.17) is 5.73 Å². The van der Waals surface area contributed by atoms with Crippen LogP contribution in [0.3, 0.4) is 0 Å². The summed E-state index contributed by atoms with van der Waals surface area (Å²) in [7, 11) is 0. The zero-order chi connectivity index (χ0) is 12.9. The second-order valence-corrected chi connectivity index (χ2v) is 4.27. The molecule has 4 nitrogen and oxygen atoms in total. The molecule has 0 aliphatic heterocycles. The van der Waals surface area contributed by atoms with Crippen LogP contribution in [0.25, 0.3) is 0 Å². The molecule has 18 heavy (non-hydrogen) atoms. The third-order valence-electron chi connectivity index (χ3n) is 3.43. The van der Waals surface area contributed by atoms with Crippen LogP contribution < -0.4 is 11.1 Å². The number of hydrogen-bond donors (Lipinski definition) is 2. The van der Waals surface area contributed by atoms with Gasteiger partial charge in [-0.1, -0.05) is 20.8 Å². The Hall–Kier alpha value is -1.29. The van der Waals surface area contributed by atoms with Crippen molar-refractivity contribution in [3.05, 3.63) is 24.0 Å². The first-order valence-electron chi connectivity index (χ1n) is 6.11. The molecule has 0 atom stereocenters. The van der Waals surface area contributed by atoms with E-state index in [9.17, 15) is 4.79 Å². The fourth-order valence-electron chi connectivity index (χ4n) is 1.86. The van der Waals surface area contributed by atoms with Gasteiger partial charge in [0.1, 0.15) is 5.69 Å². The van der Waals surface area contributed by atoms with Gasteiger partial charge in [-0.05, 0) is 31.4 Å². The number of carbonyl (C=O) groups excluding carboxylic acids is 1. The molecule has 0 aliphatic rings. The summed E-state index contributed by atoms with van der Waals surface area (Å²) in [6.07, 6.45) is 4.25. The van der Waals surface area contributed by atoms with Crippen molar-refractivity contribution in [1.29, 1.82) is 0 Å². The van der Waals surface area contributed by atoms with Crippen molar-refractivity contribution < 1.29 is 4.79 Å². The molecular formula is C13H22ClN3O. The Bertz CT molecular complexity index is 366. The molecule has 0 fully saturated rings. The number of amides is 1. The van der Waals surface area contributed by atoms with Crippen molar-refractivity contribution in [1.82, 2.24) is 10.3 Å². The molecule has 0 aliphatic carbocycles. The first-order valence-corrected chi connectivity index (χ1v) is 6.11. The SMILES string of the molecule is CCC(CC)(CC)NC(=O)c1ccc(N)cn1.Cl. The quantitative estimate of drug-likeness (QED) is 0.865. The fourth-order valence-corrected chi connectivity index (χ4v) is 1.86. The van der Waals surface area contributed by atoms with Gasteiger partial charge in [0, 0.05) is 5.54 Å². The van der Waals surface area contributed by atoms with Gasteiger partial charge in [0.2, 0.25) is 0 Å². The largest absolute Gasteiger partial charge is 0.397 e. The second-order valence-electron chi connectivity index (χ2n) is 4.27. The maximum atomic E-state index is 12.0. The van der Waals surface area contributed by atoms with Gasteiger partial charge >= 0.3 is 0 Å². The van der Waals surface area contributed by atoms with E-state index in [0.717, 1.165) is 19.3 Å². The fraction of sp³-hybridized carbons (Fsp3) is 0.538. The van der Waals surface area contributed by atoms with Gasteiger partial charge in [0.15, 0.2) is 0 Å². The van der Waals surface area contributed by atoms with Gasteiger partial charge < -0.3 is 11.1 Å². The summed E-state index contributed by atoms with van der Waals surface area (Å²) in [5.74, 6) is -0.129. The molecule has 1 heterocycles. The molecular weight excluding hydrogens is 250 g/mol. The van der Waals surface area contributed by atoms with Gasteiger partial charge in [-0.25, -0.2) is 4.98 Å². The highest BCUT2D eigenvalue weighted by Crippen LogP contribution is 2.19. The zero-order valence-electron chi connectivity index (χ0n) is 11.2. The number of halogens is 1. The van der Waals surface area contributed by atoms with Gasteiger partial charge in [0.05, 0.1) is 11.9 Å². The predicted octanol–water partition coefficient (Wildman–Crippen LogP) is 2.78. The molecule has 0 bridgehead atoms. The van der Waals surface area contributed by atoms with E-state index in [-0.39, 0.29) is 23.9 Å². The minimum Gasteiger partial charge on any atom is -0.397 e. The summed E-state index contributed by atoms with van der Waals surface area (Å²) in [5, 5.41) is 3.07. The molecule has 1 amide bonds. The lowest BCUT2D eigenvalue weighted by molar-refractivity contribution is 0.0883. The molecule has 0 saturated heterocycles. The highest BCUT2D eigenvalue weighted by Gasteiger charge is 2.26. The van der Waals surface area contributed by atoms with Gasteiger partial charge in [-0.3, -0.25) is 4.79 Å². The van der Waals surface area contributed by atoms with E-state index in [0.29, 0.717) is 11.4 Å². The standard InChI is InChI=1S/C13H21N3O.ClH/c1-4-13(5-2,6-3)16-12(17)11-8-7-10(14)9-15-11;/h7-9H,4-6,14H2,1-3H3,(H,16,17);1H. The summed E-state index contributed by atoms with van der Waals surface area (Å²) in [4.78, 5) is 16.1. The third-order valence-corrected chi connectivity index (χ3v) is 3.43. The average molecular weight is 272 g/mol. The van der Waals surface area contributed by atoms with Gasteiger partial charge in [0.25, 0.3) is 5.91 Å². The third kappa shape index (κ3) is 3.88. The summed E-state index contributed by atoms with van der Waals surface area (Å²) in [6, 6.07) is 3.34. The Morgan fingerprint density at radius 1 is 1.28 bits per heavy atom. The highest BCUT2D eigenvalue weighted by atomic mass is 35.5. The van der Waals surface area contributed by atoms with E-state index in [1.807, 2.05) is 0 Å². The van der Waals surface area contributed by atoms with Gasteiger partial charge in [-0.2, -0.15) is 0 Å². The molecule has 1 aromatic rings. The van der Waals surface area contributed by atoms with Crippen molar-refractivity contribution in [2.24, 2.45) is 0 Å². The molecule has 1 aromatic heterocycles. The number of pyridine rings is 1. The van der Waals surface area contributed by atoms with E-state index in [1.165, 1.54) is 6.20 Å². The van der Waals surface area contributed by atoms with Crippen LogP contribution in [0, 0.1) is 0 Å². The smallest absolute Gasteiger partial charge is 0.270 e. The Kier molecular flexibility index (Phi) is 6.70.